The summed E-state index contributed by atoms with van der Waals surface area (Å²) in [5.41, 5.74) is -0.286. The van der Waals surface area contributed by atoms with Gasteiger partial charge in [0.25, 0.3) is 5.56 Å². The average molecular weight is 198 g/mol. The Balaban J connectivity index is 3.28. The van der Waals surface area contributed by atoms with Gasteiger partial charge >= 0.3 is 5.69 Å². The van der Waals surface area contributed by atoms with E-state index in [0.717, 1.165) is 0 Å². The molecule has 5 nitrogen and oxygen atoms in total. The summed E-state index contributed by atoms with van der Waals surface area (Å²) >= 11 is 0. The first-order chi connectivity index (χ1) is 6.60. The molecule has 0 aromatic carbocycles. The van der Waals surface area contributed by atoms with Crippen LogP contribution in [0, 0.1) is 6.92 Å². The molecule has 0 aliphatic carbocycles. The van der Waals surface area contributed by atoms with Gasteiger partial charge in [-0.25, -0.2) is 4.79 Å². The van der Waals surface area contributed by atoms with Crippen LogP contribution in [0.4, 0.5) is 0 Å². The molecule has 0 saturated heterocycles. The van der Waals surface area contributed by atoms with E-state index in [4.69, 9.17) is 4.74 Å². The highest BCUT2D eigenvalue weighted by Crippen LogP contribution is 2.07. The monoisotopic (exact) mass is 198 g/mol. The summed E-state index contributed by atoms with van der Waals surface area (Å²) in [7, 11) is 1.53. The highest BCUT2D eigenvalue weighted by Gasteiger charge is 2.09. The van der Waals surface area contributed by atoms with Crippen LogP contribution in [0.3, 0.4) is 0 Å². The molecule has 0 spiro atoms. The van der Waals surface area contributed by atoms with Gasteiger partial charge in [0.15, 0.2) is 0 Å². The Morgan fingerprint density at radius 3 is 2.71 bits per heavy atom. The highest BCUT2D eigenvalue weighted by atomic mass is 16.5. The van der Waals surface area contributed by atoms with Crippen molar-refractivity contribution in [2.45, 2.75) is 26.5 Å². The number of aromatic nitrogens is 2. The van der Waals surface area contributed by atoms with Crippen molar-refractivity contribution >= 4 is 0 Å². The molecule has 1 unspecified atom stereocenters. The Morgan fingerprint density at radius 2 is 2.21 bits per heavy atom. The maximum Gasteiger partial charge on any atom is 0.330 e. The Kier molecular flexibility index (Phi) is 3.24. The molecule has 0 radical (unpaired) electrons. The van der Waals surface area contributed by atoms with Gasteiger partial charge < -0.3 is 4.74 Å². The Hall–Kier alpha value is -1.36. The van der Waals surface area contributed by atoms with E-state index >= 15 is 0 Å². The third kappa shape index (κ3) is 1.93. The number of aryl methyl sites for hydroxylation is 1. The molecule has 1 rings (SSSR count). The highest BCUT2D eigenvalue weighted by molar-refractivity contribution is 5.01. The van der Waals surface area contributed by atoms with E-state index in [0.29, 0.717) is 12.0 Å². The maximum atomic E-state index is 11.4. The number of hydrogen-bond donors (Lipinski definition) is 1. The molecular formula is C9H14N2O3. The van der Waals surface area contributed by atoms with Crippen LogP contribution in [0.5, 0.6) is 0 Å². The molecule has 0 aliphatic rings. The first kappa shape index (κ1) is 10.7. The number of methoxy groups -OCH3 is 1. The third-order valence-electron chi connectivity index (χ3n) is 2.08. The minimum absolute atomic E-state index is 0.321. The van der Waals surface area contributed by atoms with Crippen molar-refractivity contribution in [3.05, 3.63) is 32.6 Å². The number of nitrogens with one attached hydrogen (secondary N) is 1. The molecular weight excluding hydrogens is 184 g/mol. The molecule has 1 heterocycles. The van der Waals surface area contributed by atoms with Gasteiger partial charge in [0.1, 0.15) is 6.23 Å². The van der Waals surface area contributed by atoms with E-state index < -0.39 is 5.69 Å². The second-order valence-electron chi connectivity index (χ2n) is 3.08. The van der Waals surface area contributed by atoms with Crippen LogP contribution < -0.4 is 11.2 Å². The number of ether oxygens (including phenoxy) is 1. The normalized spacial score (nSPS) is 12.8. The molecule has 0 amide bonds. The third-order valence-corrected chi connectivity index (χ3v) is 2.08. The van der Waals surface area contributed by atoms with E-state index in [1.165, 1.54) is 17.9 Å². The van der Waals surface area contributed by atoms with Gasteiger partial charge in [-0.3, -0.25) is 14.3 Å². The summed E-state index contributed by atoms with van der Waals surface area (Å²) in [6.07, 6.45) is 1.86. The predicted octanol–water partition coefficient (Wildman–Crippen LogP) is 0.400. The first-order valence-electron chi connectivity index (χ1n) is 4.45. The van der Waals surface area contributed by atoms with Crippen molar-refractivity contribution in [2.75, 3.05) is 7.11 Å². The van der Waals surface area contributed by atoms with Gasteiger partial charge in [-0.2, -0.15) is 0 Å². The van der Waals surface area contributed by atoms with Gasteiger partial charge in [-0.05, 0) is 13.3 Å². The maximum absolute atomic E-state index is 11.4. The second-order valence-corrected chi connectivity index (χ2v) is 3.08. The van der Waals surface area contributed by atoms with E-state index in [1.54, 1.807) is 6.92 Å². The van der Waals surface area contributed by atoms with Crippen molar-refractivity contribution in [1.82, 2.24) is 9.55 Å². The standard InChI is InChI=1S/C9H14N2O3/c1-4-7(14-3)11-5-6(2)8(12)10-9(11)13/h5,7H,4H2,1-3H3,(H,10,12,13). The molecule has 14 heavy (non-hydrogen) atoms. The zero-order valence-corrected chi connectivity index (χ0v) is 8.53. The zero-order valence-electron chi connectivity index (χ0n) is 8.53. The van der Waals surface area contributed by atoms with E-state index in [1.807, 2.05) is 6.92 Å². The lowest BCUT2D eigenvalue weighted by atomic mass is 10.3. The van der Waals surface area contributed by atoms with E-state index in [9.17, 15) is 9.59 Å². The van der Waals surface area contributed by atoms with Gasteiger partial charge in [0.05, 0.1) is 0 Å². The van der Waals surface area contributed by atoms with Gasteiger partial charge in [0, 0.05) is 18.9 Å². The number of rotatable bonds is 3. The molecule has 1 N–H and O–H groups in total. The van der Waals surface area contributed by atoms with Crippen LogP contribution in [0.15, 0.2) is 15.8 Å². The molecule has 5 heteroatoms. The van der Waals surface area contributed by atoms with Gasteiger partial charge in [-0.15, -0.1) is 0 Å². The van der Waals surface area contributed by atoms with Gasteiger partial charge in [-0.1, -0.05) is 6.92 Å². The predicted molar refractivity (Wildman–Crippen MR) is 52.4 cm³/mol. The quantitative estimate of drug-likeness (QED) is 0.764. The molecule has 0 bridgehead atoms. The minimum Gasteiger partial charge on any atom is -0.361 e. The Labute approximate surface area is 81.3 Å². The second kappa shape index (κ2) is 4.23. The fourth-order valence-corrected chi connectivity index (χ4v) is 1.28. The van der Waals surface area contributed by atoms with Crippen LogP contribution >= 0.6 is 0 Å². The van der Waals surface area contributed by atoms with Crippen molar-refractivity contribution in [2.24, 2.45) is 0 Å². The summed E-state index contributed by atoms with van der Waals surface area (Å²) in [5.74, 6) is 0. The SMILES string of the molecule is CCC(OC)n1cc(C)c(=O)[nH]c1=O. The summed E-state index contributed by atoms with van der Waals surface area (Å²) in [5, 5.41) is 0. The van der Waals surface area contributed by atoms with Crippen LogP contribution in [-0.4, -0.2) is 16.7 Å². The van der Waals surface area contributed by atoms with E-state index in [2.05, 4.69) is 4.98 Å². The number of nitrogens with zero attached hydrogens (tertiary/aromatic N) is 1. The Morgan fingerprint density at radius 1 is 1.57 bits per heavy atom. The number of hydrogen-bond acceptors (Lipinski definition) is 3. The van der Waals surface area contributed by atoms with Crippen molar-refractivity contribution in [3.8, 4) is 0 Å². The number of aromatic amines is 1. The van der Waals surface area contributed by atoms with E-state index in [-0.39, 0.29) is 11.8 Å². The number of H-pyrrole nitrogens is 1. The minimum atomic E-state index is -0.436. The largest absolute Gasteiger partial charge is 0.361 e. The molecule has 0 saturated carbocycles. The molecule has 0 aliphatic heterocycles. The lowest BCUT2D eigenvalue weighted by Crippen LogP contribution is -2.33. The Bertz CT molecular complexity index is 415. The lowest BCUT2D eigenvalue weighted by Gasteiger charge is -2.15. The summed E-state index contributed by atoms with van der Waals surface area (Å²) in [6, 6.07) is 0. The summed E-state index contributed by atoms with van der Waals surface area (Å²) in [6.45, 7) is 3.55. The lowest BCUT2D eigenvalue weighted by molar-refractivity contribution is 0.0368. The van der Waals surface area contributed by atoms with Crippen LogP contribution in [-0.2, 0) is 4.74 Å². The molecule has 1 atom stereocenters. The molecule has 78 valence electrons. The molecule has 0 fully saturated rings. The fraction of sp³-hybridized carbons (Fsp3) is 0.556. The smallest absolute Gasteiger partial charge is 0.330 e. The first-order valence-corrected chi connectivity index (χ1v) is 4.45. The van der Waals surface area contributed by atoms with Crippen molar-refractivity contribution < 1.29 is 4.74 Å². The van der Waals surface area contributed by atoms with Crippen molar-refractivity contribution in [3.63, 3.8) is 0 Å². The van der Waals surface area contributed by atoms with Gasteiger partial charge in [0.2, 0.25) is 0 Å². The topological polar surface area (TPSA) is 64.1 Å². The zero-order chi connectivity index (χ0) is 10.7. The summed E-state index contributed by atoms with van der Waals surface area (Å²) < 4.78 is 6.49. The average Bonchev–Trinajstić information content (AvgIpc) is 2.15. The molecule has 1 aromatic rings. The van der Waals surface area contributed by atoms with Crippen LogP contribution in [0.25, 0.3) is 0 Å². The van der Waals surface area contributed by atoms with Crippen molar-refractivity contribution in [1.29, 1.82) is 0 Å². The summed E-state index contributed by atoms with van der Waals surface area (Å²) in [4.78, 5) is 24.7. The van der Waals surface area contributed by atoms with Crippen LogP contribution in [0.1, 0.15) is 25.1 Å². The van der Waals surface area contributed by atoms with Crippen LogP contribution in [0.2, 0.25) is 0 Å². The fourth-order valence-electron chi connectivity index (χ4n) is 1.28. The molecule has 1 aromatic heterocycles.